The van der Waals surface area contributed by atoms with Gasteiger partial charge in [0.2, 0.25) is 0 Å². The Hall–Kier alpha value is -2.68. The van der Waals surface area contributed by atoms with Crippen LogP contribution in [0.15, 0.2) is 48.5 Å². The van der Waals surface area contributed by atoms with E-state index in [1.807, 2.05) is 42.5 Å². The lowest BCUT2D eigenvalue weighted by atomic mass is 10.1. The van der Waals surface area contributed by atoms with Crippen molar-refractivity contribution in [3.8, 4) is 0 Å². The standard InChI is InChI=1S/C17H13N3.C3H8/c1-10-6-7-14-15(8-10)20-17-12-5-3-2-4-11(12)13(18)9-16(17)19-14;1-3-2/h2-9H,18H2,1H3;3H2,1-2H3. The quantitative estimate of drug-likeness (QED) is 0.274. The van der Waals surface area contributed by atoms with Gasteiger partial charge in [0.25, 0.3) is 0 Å². The van der Waals surface area contributed by atoms with Crippen LogP contribution in [0.25, 0.3) is 32.8 Å². The van der Waals surface area contributed by atoms with Gasteiger partial charge in [-0.1, -0.05) is 50.6 Å². The highest BCUT2D eigenvalue weighted by Crippen LogP contribution is 2.29. The minimum absolute atomic E-state index is 0.744. The van der Waals surface area contributed by atoms with E-state index in [1.165, 1.54) is 12.0 Å². The molecule has 0 aliphatic carbocycles. The van der Waals surface area contributed by atoms with Crippen LogP contribution in [-0.2, 0) is 0 Å². The van der Waals surface area contributed by atoms with Crippen LogP contribution in [0.4, 0.5) is 5.69 Å². The van der Waals surface area contributed by atoms with E-state index >= 15 is 0 Å². The Balaban J connectivity index is 0.000000485. The minimum atomic E-state index is 0.744. The zero-order chi connectivity index (χ0) is 16.4. The Morgan fingerprint density at radius 3 is 2.26 bits per heavy atom. The Kier molecular flexibility index (Phi) is 4.11. The van der Waals surface area contributed by atoms with Gasteiger partial charge in [0.05, 0.1) is 22.1 Å². The number of nitrogens with zero attached hydrogens (tertiary/aromatic N) is 2. The van der Waals surface area contributed by atoms with Crippen LogP contribution in [-0.4, -0.2) is 9.97 Å². The Bertz CT molecular complexity index is 990. The zero-order valence-electron chi connectivity index (χ0n) is 13.8. The van der Waals surface area contributed by atoms with Crippen LogP contribution >= 0.6 is 0 Å². The van der Waals surface area contributed by atoms with Crippen molar-refractivity contribution in [1.82, 2.24) is 9.97 Å². The van der Waals surface area contributed by atoms with E-state index in [-0.39, 0.29) is 0 Å². The fraction of sp³-hybridized carbons (Fsp3) is 0.200. The van der Waals surface area contributed by atoms with Crippen molar-refractivity contribution in [2.75, 3.05) is 5.73 Å². The van der Waals surface area contributed by atoms with Crippen molar-refractivity contribution in [2.24, 2.45) is 0 Å². The molecule has 3 heteroatoms. The van der Waals surface area contributed by atoms with Gasteiger partial charge in [0, 0.05) is 16.5 Å². The predicted molar refractivity (Wildman–Crippen MR) is 99.7 cm³/mol. The number of hydrogen-bond donors (Lipinski definition) is 1. The molecule has 0 saturated heterocycles. The third-order valence-corrected chi connectivity index (χ3v) is 3.63. The number of benzene rings is 3. The number of rotatable bonds is 0. The van der Waals surface area contributed by atoms with Crippen LogP contribution in [0.2, 0.25) is 0 Å². The second-order valence-corrected chi connectivity index (χ2v) is 5.80. The largest absolute Gasteiger partial charge is 0.398 e. The molecule has 0 spiro atoms. The van der Waals surface area contributed by atoms with Crippen LogP contribution in [0.1, 0.15) is 25.8 Å². The molecule has 3 aromatic carbocycles. The number of nitrogens with two attached hydrogens (primary N) is 1. The van der Waals surface area contributed by atoms with Crippen molar-refractivity contribution in [3.05, 3.63) is 54.1 Å². The van der Waals surface area contributed by atoms with Gasteiger partial charge in [-0.2, -0.15) is 0 Å². The first-order chi connectivity index (χ1) is 11.1. The average molecular weight is 303 g/mol. The van der Waals surface area contributed by atoms with Gasteiger partial charge >= 0.3 is 0 Å². The van der Waals surface area contributed by atoms with Gasteiger partial charge < -0.3 is 5.73 Å². The van der Waals surface area contributed by atoms with Crippen LogP contribution in [0.5, 0.6) is 0 Å². The maximum absolute atomic E-state index is 6.12. The number of nitrogen functional groups attached to an aromatic ring is 1. The average Bonchev–Trinajstić information content (AvgIpc) is 2.55. The van der Waals surface area contributed by atoms with Gasteiger partial charge in [0.1, 0.15) is 0 Å². The molecule has 1 aromatic heterocycles. The molecule has 4 aromatic rings. The summed E-state index contributed by atoms with van der Waals surface area (Å²) in [5.74, 6) is 0. The van der Waals surface area contributed by atoms with E-state index in [0.29, 0.717) is 0 Å². The third kappa shape index (κ3) is 2.82. The molecule has 0 amide bonds. The molecule has 0 radical (unpaired) electrons. The van der Waals surface area contributed by atoms with E-state index in [4.69, 9.17) is 10.7 Å². The monoisotopic (exact) mass is 303 g/mol. The van der Waals surface area contributed by atoms with Crippen molar-refractivity contribution < 1.29 is 0 Å². The molecule has 3 nitrogen and oxygen atoms in total. The normalized spacial score (nSPS) is 10.7. The number of aromatic nitrogens is 2. The topological polar surface area (TPSA) is 51.8 Å². The molecule has 1 heterocycles. The van der Waals surface area contributed by atoms with Crippen LogP contribution < -0.4 is 5.73 Å². The second-order valence-electron chi connectivity index (χ2n) is 5.80. The minimum Gasteiger partial charge on any atom is -0.398 e. The van der Waals surface area contributed by atoms with Gasteiger partial charge in [-0.15, -0.1) is 0 Å². The molecule has 0 atom stereocenters. The SMILES string of the molecule is CCC.Cc1ccc2nc3cc(N)c4ccccc4c3nc2c1. The molecule has 0 unspecified atom stereocenters. The fourth-order valence-corrected chi connectivity index (χ4v) is 2.64. The third-order valence-electron chi connectivity index (χ3n) is 3.63. The number of hydrogen-bond acceptors (Lipinski definition) is 3. The Morgan fingerprint density at radius 2 is 1.52 bits per heavy atom. The van der Waals surface area contributed by atoms with Crippen LogP contribution in [0, 0.1) is 6.92 Å². The summed E-state index contributed by atoms with van der Waals surface area (Å²) in [7, 11) is 0. The molecule has 0 aliphatic heterocycles. The van der Waals surface area contributed by atoms with Crippen molar-refractivity contribution in [3.63, 3.8) is 0 Å². The first kappa shape index (κ1) is 15.2. The predicted octanol–water partition coefficient (Wildman–Crippen LogP) is 5.24. The Morgan fingerprint density at radius 1 is 0.826 bits per heavy atom. The molecule has 0 bridgehead atoms. The van der Waals surface area contributed by atoms with Gasteiger partial charge in [-0.25, -0.2) is 9.97 Å². The summed E-state index contributed by atoms with van der Waals surface area (Å²) in [5.41, 5.74) is 11.6. The summed E-state index contributed by atoms with van der Waals surface area (Å²) in [6.07, 6.45) is 1.25. The molecule has 0 aliphatic rings. The molecule has 23 heavy (non-hydrogen) atoms. The lowest BCUT2D eigenvalue weighted by Crippen LogP contribution is -1.93. The summed E-state index contributed by atoms with van der Waals surface area (Å²) in [5, 5.41) is 2.08. The highest BCUT2D eigenvalue weighted by molar-refractivity contribution is 6.10. The summed E-state index contributed by atoms with van der Waals surface area (Å²) >= 11 is 0. The first-order valence-corrected chi connectivity index (χ1v) is 7.99. The van der Waals surface area contributed by atoms with Crippen molar-refractivity contribution >= 4 is 38.5 Å². The van der Waals surface area contributed by atoms with E-state index in [2.05, 4.69) is 31.8 Å². The molecule has 4 rings (SSSR count). The first-order valence-electron chi connectivity index (χ1n) is 7.99. The van der Waals surface area contributed by atoms with Gasteiger partial charge in [-0.3, -0.25) is 0 Å². The smallest absolute Gasteiger partial charge is 0.0974 e. The molecular weight excluding hydrogens is 282 g/mol. The number of anilines is 1. The van der Waals surface area contributed by atoms with Gasteiger partial charge in [-0.05, 0) is 30.7 Å². The van der Waals surface area contributed by atoms with E-state index in [9.17, 15) is 0 Å². The molecule has 2 N–H and O–H groups in total. The van der Waals surface area contributed by atoms with E-state index < -0.39 is 0 Å². The maximum atomic E-state index is 6.12. The fourth-order valence-electron chi connectivity index (χ4n) is 2.64. The number of aryl methyl sites for hydroxylation is 1. The molecular formula is C20H21N3. The summed E-state index contributed by atoms with van der Waals surface area (Å²) in [6.45, 7) is 6.31. The highest BCUT2D eigenvalue weighted by atomic mass is 14.8. The van der Waals surface area contributed by atoms with Crippen LogP contribution in [0.3, 0.4) is 0 Å². The Labute approximate surface area is 136 Å². The summed E-state index contributed by atoms with van der Waals surface area (Å²) < 4.78 is 0. The lowest BCUT2D eigenvalue weighted by Gasteiger charge is -2.07. The zero-order valence-corrected chi connectivity index (χ0v) is 13.8. The molecule has 116 valence electrons. The second kappa shape index (κ2) is 6.21. The summed E-state index contributed by atoms with van der Waals surface area (Å²) in [6, 6.07) is 16.1. The van der Waals surface area contributed by atoms with E-state index in [1.54, 1.807) is 0 Å². The highest BCUT2D eigenvalue weighted by Gasteiger charge is 2.08. The lowest BCUT2D eigenvalue weighted by molar-refractivity contribution is 1.09. The number of fused-ring (bicyclic) bond motifs is 4. The van der Waals surface area contributed by atoms with E-state index in [0.717, 1.165) is 38.5 Å². The molecule has 0 saturated carbocycles. The molecule has 0 fully saturated rings. The summed E-state index contributed by atoms with van der Waals surface area (Å²) in [4.78, 5) is 9.48. The maximum Gasteiger partial charge on any atom is 0.0974 e. The van der Waals surface area contributed by atoms with Gasteiger partial charge in [0.15, 0.2) is 0 Å². The van der Waals surface area contributed by atoms with Crippen molar-refractivity contribution in [1.29, 1.82) is 0 Å². The van der Waals surface area contributed by atoms with Crippen molar-refractivity contribution in [2.45, 2.75) is 27.2 Å².